The average molecular weight is 327 g/mol. The van der Waals surface area contributed by atoms with Gasteiger partial charge < -0.3 is 9.47 Å². The van der Waals surface area contributed by atoms with Gasteiger partial charge in [0, 0.05) is 11.1 Å². The van der Waals surface area contributed by atoms with E-state index in [2.05, 4.69) is 11.3 Å². The van der Waals surface area contributed by atoms with Gasteiger partial charge in [-0.15, -0.1) is 0 Å². The number of aryl methyl sites for hydroxylation is 2. The smallest absolute Gasteiger partial charge is 0.438 e. The zero-order valence-electron chi connectivity index (χ0n) is 14.1. The summed E-state index contributed by atoms with van der Waals surface area (Å²) >= 11 is 0. The second kappa shape index (κ2) is 7.66. The molecule has 0 bridgehead atoms. The quantitative estimate of drug-likeness (QED) is 0.649. The molecular formula is C19H21NO4. The Hall–Kier alpha value is -2.79. The van der Waals surface area contributed by atoms with Gasteiger partial charge in [0.15, 0.2) is 0 Å². The number of carbonyl (C=O) groups excluding carboxylic acids is 1. The molecular weight excluding hydrogens is 306 g/mol. The number of benzene rings is 2. The lowest BCUT2D eigenvalue weighted by Gasteiger charge is -2.20. The van der Waals surface area contributed by atoms with Gasteiger partial charge in [-0.3, -0.25) is 5.21 Å². The first-order valence-electron chi connectivity index (χ1n) is 7.49. The van der Waals surface area contributed by atoms with Crippen LogP contribution in [0.25, 0.3) is 6.08 Å². The van der Waals surface area contributed by atoms with Crippen molar-refractivity contribution in [2.45, 2.75) is 20.5 Å². The number of ether oxygens (including phenoxy) is 2. The number of amides is 1. The van der Waals surface area contributed by atoms with Gasteiger partial charge in [-0.05, 0) is 25.5 Å². The predicted octanol–water partition coefficient (Wildman–Crippen LogP) is 4.49. The molecule has 126 valence electrons. The number of hydrogen-bond donors (Lipinski definition) is 1. The van der Waals surface area contributed by atoms with Gasteiger partial charge in [-0.1, -0.05) is 48.6 Å². The highest BCUT2D eigenvalue weighted by Gasteiger charge is 2.20. The number of carbonyl (C=O) groups is 1. The molecule has 0 unspecified atom stereocenters. The van der Waals surface area contributed by atoms with E-state index in [1.165, 1.54) is 7.11 Å². The SMILES string of the molecule is C=Cc1cccc(COc2ccc(C)cc2C)c1N(O)C(=O)OC. The van der Waals surface area contributed by atoms with Crippen LogP contribution >= 0.6 is 0 Å². The van der Waals surface area contributed by atoms with Crippen molar-refractivity contribution in [1.29, 1.82) is 0 Å². The van der Waals surface area contributed by atoms with Crippen LogP contribution in [0.3, 0.4) is 0 Å². The van der Waals surface area contributed by atoms with Crippen LogP contribution in [0.5, 0.6) is 5.75 Å². The molecule has 0 aliphatic carbocycles. The summed E-state index contributed by atoms with van der Waals surface area (Å²) in [7, 11) is 1.20. The lowest BCUT2D eigenvalue weighted by Crippen LogP contribution is -2.28. The largest absolute Gasteiger partial charge is 0.489 e. The van der Waals surface area contributed by atoms with Gasteiger partial charge >= 0.3 is 6.09 Å². The van der Waals surface area contributed by atoms with E-state index >= 15 is 0 Å². The van der Waals surface area contributed by atoms with Crippen LogP contribution in [0.15, 0.2) is 43.0 Å². The van der Waals surface area contributed by atoms with Gasteiger partial charge in [0.25, 0.3) is 0 Å². The Morgan fingerprint density at radius 3 is 2.67 bits per heavy atom. The van der Waals surface area contributed by atoms with Crippen molar-refractivity contribution >= 4 is 17.9 Å². The Morgan fingerprint density at radius 2 is 2.04 bits per heavy atom. The average Bonchev–Trinajstić information content (AvgIpc) is 2.59. The second-order valence-corrected chi connectivity index (χ2v) is 5.40. The fourth-order valence-electron chi connectivity index (χ4n) is 2.45. The van der Waals surface area contributed by atoms with Crippen molar-refractivity contribution < 1.29 is 19.5 Å². The molecule has 1 amide bonds. The molecule has 0 radical (unpaired) electrons. The van der Waals surface area contributed by atoms with E-state index in [0.29, 0.717) is 21.9 Å². The highest BCUT2D eigenvalue weighted by Crippen LogP contribution is 2.28. The predicted molar refractivity (Wildman–Crippen MR) is 93.5 cm³/mol. The van der Waals surface area contributed by atoms with Gasteiger partial charge in [-0.2, -0.15) is 5.06 Å². The van der Waals surface area contributed by atoms with E-state index in [1.54, 1.807) is 18.2 Å². The molecule has 0 heterocycles. The monoisotopic (exact) mass is 327 g/mol. The minimum absolute atomic E-state index is 0.189. The Labute approximate surface area is 141 Å². The van der Waals surface area contributed by atoms with Gasteiger partial charge in [-0.25, -0.2) is 4.79 Å². The van der Waals surface area contributed by atoms with Crippen LogP contribution in [0, 0.1) is 13.8 Å². The molecule has 5 nitrogen and oxygen atoms in total. The van der Waals surface area contributed by atoms with Crippen LogP contribution < -0.4 is 9.80 Å². The molecule has 0 aliphatic heterocycles. The molecule has 24 heavy (non-hydrogen) atoms. The molecule has 0 saturated carbocycles. The van der Waals surface area contributed by atoms with Crippen molar-refractivity contribution in [2.75, 3.05) is 12.2 Å². The second-order valence-electron chi connectivity index (χ2n) is 5.40. The maximum Gasteiger partial charge on any atom is 0.438 e. The number of hydrogen-bond acceptors (Lipinski definition) is 4. The van der Waals surface area contributed by atoms with E-state index in [4.69, 9.17) is 4.74 Å². The third kappa shape index (κ3) is 3.75. The lowest BCUT2D eigenvalue weighted by atomic mass is 10.1. The normalized spacial score (nSPS) is 10.2. The van der Waals surface area contributed by atoms with E-state index in [9.17, 15) is 10.0 Å². The van der Waals surface area contributed by atoms with Gasteiger partial charge in [0.05, 0.1) is 12.8 Å². The topological polar surface area (TPSA) is 59.0 Å². The molecule has 0 saturated heterocycles. The number of para-hydroxylation sites is 1. The van der Waals surface area contributed by atoms with Crippen LogP contribution in [0.1, 0.15) is 22.3 Å². The summed E-state index contributed by atoms with van der Waals surface area (Å²) in [6, 6.07) is 11.2. The summed E-state index contributed by atoms with van der Waals surface area (Å²) < 4.78 is 10.4. The Bertz CT molecular complexity index is 755. The van der Waals surface area contributed by atoms with E-state index < -0.39 is 6.09 Å². The van der Waals surface area contributed by atoms with Crippen molar-refractivity contribution in [1.82, 2.24) is 0 Å². The Kier molecular flexibility index (Phi) is 5.60. The van der Waals surface area contributed by atoms with Crippen LogP contribution in [0.2, 0.25) is 0 Å². The lowest BCUT2D eigenvalue weighted by molar-refractivity contribution is 0.140. The molecule has 2 aromatic rings. The first-order chi connectivity index (χ1) is 11.5. The summed E-state index contributed by atoms with van der Waals surface area (Å²) in [5, 5.41) is 10.6. The molecule has 2 aromatic carbocycles. The van der Waals surface area contributed by atoms with Crippen molar-refractivity contribution in [3.63, 3.8) is 0 Å². The summed E-state index contributed by atoms with van der Waals surface area (Å²) in [5.41, 5.74) is 3.71. The maximum atomic E-state index is 11.7. The summed E-state index contributed by atoms with van der Waals surface area (Å²) in [5.74, 6) is 0.748. The molecule has 0 atom stereocenters. The first kappa shape index (κ1) is 17.6. The Morgan fingerprint density at radius 1 is 1.29 bits per heavy atom. The standard InChI is InChI=1S/C19H21NO4/c1-5-15-7-6-8-16(18(15)20(22)19(21)23-4)12-24-17-10-9-13(2)11-14(17)3/h5-11,22H,1,12H2,2-4H3. The summed E-state index contributed by atoms with van der Waals surface area (Å²) in [4.78, 5) is 11.7. The fourth-order valence-corrected chi connectivity index (χ4v) is 2.45. The molecule has 0 aliphatic rings. The number of rotatable bonds is 5. The number of anilines is 1. The fraction of sp³-hybridized carbons (Fsp3) is 0.211. The molecule has 0 aromatic heterocycles. The molecule has 5 heteroatoms. The highest BCUT2D eigenvalue weighted by molar-refractivity contribution is 5.89. The van der Waals surface area contributed by atoms with Crippen LogP contribution in [-0.4, -0.2) is 18.4 Å². The van der Waals surface area contributed by atoms with E-state index in [1.807, 2.05) is 38.1 Å². The maximum absolute atomic E-state index is 11.7. The van der Waals surface area contributed by atoms with Crippen LogP contribution in [-0.2, 0) is 11.3 Å². The molecule has 0 fully saturated rings. The third-order valence-electron chi connectivity index (χ3n) is 3.64. The van der Waals surface area contributed by atoms with Crippen molar-refractivity contribution in [2.24, 2.45) is 0 Å². The number of hydroxylamine groups is 1. The van der Waals surface area contributed by atoms with Crippen LogP contribution in [0.4, 0.5) is 10.5 Å². The number of nitrogens with zero attached hydrogens (tertiary/aromatic N) is 1. The van der Waals surface area contributed by atoms with E-state index in [0.717, 1.165) is 16.9 Å². The summed E-state index contributed by atoms with van der Waals surface area (Å²) in [6.07, 6.45) is 0.680. The Balaban J connectivity index is 2.32. The minimum Gasteiger partial charge on any atom is -0.489 e. The van der Waals surface area contributed by atoms with Crippen molar-refractivity contribution in [3.8, 4) is 5.75 Å². The minimum atomic E-state index is -0.878. The first-order valence-corrected chi connectivity index (χ1v) is 7.49. The zero-order valence-corrected chi connectivity index (χ0v) is 14.1. The molecule has 2 rings (SSSR count). The molecule has 0 spiro atoms. The van der Waals surface area contributed by atoms with Crippen molar-refractivity contribution in [3.05, 3.63) is 65.2 Å². The third-order valence-corrected chi connectivity index (χ3v) is 3.64. The number of methoxy groups -OCH3 is 1. The highest BCUT2D eigenvalue weighted by atomic mass is 16.6. The van der Waals surface area contributed by atoms with Gasteiger partial charge in [0.1, 0.15) is 12.4 Å². The zero-order chi connectivity index (χ0) is 17.7. The molecule has 1 N–H and O–H groups in total. The summed E-state index contributed by atoms with van der Waals surface area (Å²) in [6.45, 7) is 7.89. The van der Waals surface area contributed by atoms with Gasteiger partial charge in [0.2, 0.25) is 0 Å². The van der Waals surface area contributed by atoms with E-state index in [-0.39, 0.29) is 6.61 Å².